The Labute approximate surface area is 224 Å². The van der Waals surface area contributed by atoms with Crippen LogP contribution in [0, 0.1) is 0 Å². The van der Waals surface area contributed by atoms with Crippen LogP contribution in [0.1, 0.15) is 76.8 Å². The van der Waals surface area contributed by atoms with E-state index in [1.54, 1.807) is 11.3 Å². The van der Waals surface area contributed by atoms with Crippen LogP contribution >= 0.6 is 11.3 Å². The average Bonchev–Trinajstić information content (AvgIpc) is 3.38. The Balaban J connectivity index is 1.25. The van der Waals surface area contributed by atoms with Gasteiger partial charge in [-0.25, -0.2) is 4.98 Å². The number of aromatic nitrogens is 1. The van der Waals surface area contributed by atoms with Crippen molar-refractivity contribution in [1.29, 1.82) is 0 Å². The molecule has 1 spiro atoms. The van der Waals surface area contributed by atoms with Crippen molar-refractivity contribution < 1.29 is 14.7 Å². The molecular weight excluding hydrogens is 484 g/mol. The van der Waals surface area contributed by atoms with Gasteiger partial charge in [0, 0.05) is 43.5 Å². The number of carbonyl (C=O) groups is 2. The number of nitrogens with one attached hydrogen (secondary N) is 1. The van der Waals surface area contributed by atoms with E-state index in [2.05, 4.69) is 34.7 Å². The van der Waals surface area contributed by atoms with Crippen LogP contribution in [0.5, 0.6) is 0 Å². The van der Waals surface area contributed by atoms with Gasteiger partial charge in [-0.2, -0.15) is 0 Å². The third kappa shape index (κ3) is 5.61. The molecule has 2 N–H and O–H groups in total. The predicted molar refractivity (Wildman–Crippen MR) is 146 cm³/mol. The molecule has 2 aromatic rings. The number of thiazole rings is 1. The van der Waals surface area contributed by atoms with Gasteiger partial charge in [0.15, 0.2) is 0 Å². The highest BCUT2D eigenvalue weighted by molar-refractivity contribution is 7.13. The zero-order chi connectivity index (χ0) is 25.9. The number of likely N-dealkylation sites (tertiary alicyclic amines) is 1. The fourth-order valence-corrected chi connectivity index (χ4v) is 7.17. The van der Waals surface area contributed by atoms with Crippen molar-refractivity contribution in [2.24, 2.45) is 0 Å². The molecule has 2 saturated heterocycles. The third-order valence-electron chi connectivity index (χ3n) is 8.55. The molecule has 8 heteroatoms. The summed E-state index contributed by atoms with van der Waals surface area (Å²) >= 11 is 1.66. The number of hydrogen-bond acceptors (Lipinski definition) is 6. The molecular formula is C29H40N4O3S. The SMILES string of the molecule is CCCCN1C(=O)[C@@H](CC2(O)CCCCC2)NC(=O)C12CCN(Cc1csc(-c3ccccc3)n1)CC2. The second-order valence-electron chi connectivity index (χ2n) is 11.2. The molecule has 0 unspecified atom stereocenters. The van der Waals surface area contributed by atoms with Gasteiger partial charge in [0.25, 0.3) is 0 Å². The van der Waals surface area contributed by atoms with Gasteiger partial charge in [0.2, 0.25) is 11.8 Å². The Morgan fingerprint density at radius 2 is 1.81 bits per heavy atom. The number of amides is 2. The molecule has 1 saturated carbocycles. The van der Waals surface area contributed by atoms with Crippen molar-refractivity contribution in [2.45, 2.75) is 94.9 Å². The number of aliphatic hydroxyl groups is 1. The molecule has 1 aliphatic carbocycles. The summed E-state index contributed by atoms with van der Waals surface area (Å²) in [4.78, 5) is 36.5. The molecule has 1 aromatic carbocycles. The van der Waals surface area contributed by atoms with Gasteiger partial charge >= 0.3 is 0 Å². The van der Waals surface area contributed by atoms with Gasteiger partial charge in [-0.05, 0) is 32.1 Å². The third-order valence-corrected chi connectivity index (χ3v) is 9.49. The summed E-state index contributed by atoms with van der Waals surface area (Å²) in [5.41, 5.74) is 0.550. The maximum Gasteiger partial charge on any atom is 0.246 e. The Hall–Kier alpha value is -2.29. The summed E-state index contributed by atoms with van der Waals surface area (Å²) in [6.07, 6.45) is 7.95. The van der Waals surface area contributed by atoms with Crippen LogP contribution in [0.3, 0.4) is 0 Å². The molecule has 2 amide bonds. The van der Waals surface area contributed by atoms with E-state index in [0.717, 1.165) is 68.0 Å². The first-order valence-electron chi connectivity index (χ1n) is 14.0. The first kappa shape index (κ1) is 26.3. The number of nitrogens with zero attached hydrogens (tertiary/aromatic N) is 3. The summed E-state index contributed by atoms with van der Waals surface area (Å²) in [5.74, 6) is -0.0419. The highest BCUT2D eigenvalue weighted by Gasteiger charge is 2.54. The number of unbranched alkanes of at least 4 members (excludes halogenated alkanes) is 1. The molecule has 3 fully saturated rings. The Morgan fingerprint density at radius 1 is 1.08 bits per heavy atom. The fourth-order valence-electron chi connectivity index (χ4n) is 6.35. The maximum atomic E-state index is 13.8. The standard InChI is InChI=1S/C29H40N4O3S/c1-2-3-16-33-26(34)24(19-28(36)12-8-5-9-13-28)31-27(35)29(33)14-17-32(18-15-29)20-23-21-37-25(30-23)22-10-6-4-7-11-22/h4,6-7,10-11,21,24,36H,2-3,5,8-9,12-20H2,1H3,(H,31,35)/t24-/m1/s1. The summed E-state index contributed by atoms with van der Waals surface area (Å²) in [5, 5.41) is 17.3. The van der Waals surface area contributed by atoms with Crippen molar-refractivity contribution >= 4 is 23.2 Å². The van der Waals surface area contributed by atoms with Crippen LogP contribution in [0.15, 0.2) is 35.7 Å². The number of carbonyl (C=O) groups excluding carboxylic acids is 2. The number of hydrogen-bond donors (Lipinski definition) is 2. The lowest BCUT2D eigenvalue weighted by molar-refractivity contribution is -0.163. The van der Waals surface area contributed by atoms with Gasteiger partial charge in [-0.15, -0.1) is 11.3 Å². The minimum Gasteiger partial charge on any atom is -0.390 e. The van der Waals surface area contributed by atoms with Crippen molar-refractivity contribution in [2.75, 3.05) is 19.6 Å². The molecule has 1 atom stereocenters. The molecule has 7 nitrogen and oxygen atoms in total. The smallest absolute Gasteiger partial charge is 0.246 e. The lowest BCUT2D eigenvalue weighted by atomic mass is 9.77. The highest BCUT2D eigenvalue weighted by Crippen LogP contribution is 2.38. The van der Waals surface area contributed by atoms with E-state index < -0.39 is 17.2 Å². The zero-order valence-electron chi connectivity index (χ0n) is 22.0. The predicted octanol–water partition coefficient (Wildman–Crippen LogP) is 4.36. The first-order chi connectivity index (χ1) is 17.9. The normalized spacial score (nSPS) is 23.8. The highest BCUT2D eigenvalue weighted by atomic mass is 32.1. The lowest BCUT2D eigenvalue weighted by Gasteiger charge is -2.52. The van der Waals surface area contributed by atoms with Crippen LogP contribution in [-0.4, -0.2) is 68.5 Å². The van der Waals surface area contributed by atoms with Crippen LogP contribution in [0.4, 0.5) is 0 Å². The van der Waals surface area contributed by atoms with Gasteiger partial charge in [-0.3, -0.25) is 14.5 Å². The number of rotatable bonds is 8. The van der Waals surface area contributed by atoms with Crippen molar-refractivity contribution in [3.05, 3.63) is 41.4 Å². The van der Waals surface area contributed by atoms with E-state index in [0.29, 0.717) is 38.6 Å². The Bertz CT molecular complexity index is 1070. The molecule has 5 rings (SSSR count). The minimum atomic E-state index is -0.845. The average molecular weight is 525 g/mol. The zero-order valence-corrected chi connectivity index (χ0v) is 22.8. The molecule has 200 valence electrons. The van der Waals surface area contributed by atoms with Crippen LogP contribution in [-0.2, 0) is 16.1 Å². The Kier molecular flexibility index (Phi) is 7.98. The minimum absolute atomic E-state index is 0.00694. The topological polar surface area (TPSA) is 85.8 Å². The second kappa shape index (κ2) is 11.2. The number of benzene rings is 1. The molecule has 2 aliphatic heterocycles. The van der Waals surface area contributed by atoms with Crippen molar-refractivity contribution in [3.8, 4) is 10.6 Å². The van der Waals surface area contributed by atoms with E-state index in [-0.39, 0.29) is 11.8 Å². The largest absolute Gasteiger partial charge is 0.390 e. The fraction of sp³-hybridized carbons (Fsp3) is 0.621. The summed E-state index contributed by atoms with van der Waals surface area (Å²) in [6.45, 7) is 4.96. The van der Waals surface area contributed by atoms with Crippen LogP contribution < -0.4 is 5.32 Å². The maximum absolute atomic E-state index is 13.8. The first-order valence-corrected chi connectivity index (χ1v) is 14.9. The van der Waals surface area contributed by atoms with E-state index in [1.807, 2.05) is 23.1 Å². The summed E-state index contributed by atoms with van der Waals surface area (Å²) in [7, 11) is 0. The molecule has 0 radical (unpaired) electrons. The van der Waals surface area contributed by atoms with Gasteiger partial charge in [0.1, 0.15) is 16.6 Å². The Morgan fingerprint density at radius 3 is 2.51 bits per heavy atom. The molecule has 37 heavy (non-hydrogen) atoms. The lowest BCUT2D eigenvalue weighted by Crippen LogP contribution is -2.73. The van der Waals surface area contributed by atoms with E-state index >= 15 is 0 Å². The quantitative estimate of drug-likeness (QED) is 0.536. The number of piperazine rings is 1. The van der Waals surface area contributed by atoms with Gasteiger partial charge < -0.3 is 15.3 Å². The summed E-state index contributed by atoms with van der Waals surface area (Å²) < 4.78 is 0. The molecule has 0 bridgehead atoms. The van der Waals surface area contributed by atoms with E-state index in [1.165, 1.54) is 0 Å². The molecule has 1 aromatic heterocycles. The van der Waals surface area contributed by atoms with E-state index in [9.17, 15) is 14.7 Å². The van der Waals surface area contributed by atoms with Crippen LogP contribution in [0.25, 0.3) is 10.6 Å². The van der Waals surface area contributed by atoms with Crippen molar-refractivity contribution in [1.82, 2.24) is 20.1 Å². The molecule has 3 aliphatic rings. The summed E-state index contributed by atoms with van der Waals surface area (Å²) in [6, 6.07) is 9.61. The van der Waals surface area contributed by atoms with Gasteiger partial charge in [-0.1, -0.05) is 62.9 Å². The number of piperidine rings is 1. The van der Waals surface area contributed by atoms with Crippen molar-refractivity contribution in [3.63, 3.8) is 0 Å². The van der Waals surface area contributed by atoms with Gasteiger partial charge in [0.05, 0.1) is 11.3 Å². The monoisotopic (exact) mass is 524 g/mol. The van der Waals surface area contributed by atoms with E-state index in [4.69, 9.17) is 4.98 Å². The molecule has 3 heterocycles. The van der Waals surface area contributed by atoms with Crippen LogP contribution in [0.2, 0.25) is 0 Å². The second-order valence-corrected chi connectivity index (χ2v) is 12.0.